The van der Waals surface area contributed by atoms with Crippen LogP contribution in [-0.4, -0.2) is 22.1 Å². The Morgan fingerprint density at radius 1 is 1.29 bits per heavy atom. The highest BCUT2D eigenvalue weighted by molar-refractivity contribution is 5.80. The smallest absolute Gasteiger partial charge is 0.220 e. The molecule has 2 saturated carbocycles. The number of rotatable bonds is 5. The molecule has 126 valence electrons. The summed E-state index contributed by atoms with van der Waals surface area (Å²) in [5.74, 6) is 1.000. The number of carbonyl (C=O) groups is 1. The SMILES string of the molecule is O=C(CC1CCC1)N[C@H](c1cnc2ccccc2c1)C1CC(O)C1. The lowest BCUT2D eigenvalue weighted by Gasteiger charge is -2.38. The standard InChI is InChI=1S/C20H24N2O2/c23-17-10-15(11-17)20(22-19(24)8-13-4-3-5-13)16-9-14-6-1-2-7-18(14)21-12-16/h1-2,6-7,9,12-13,15,17,20,23H,3-5,8,10-11H2,(H,22,24)/t15?,17?,20-/m0/s1. The second kappa shape index (κ2) is 6.52. The summed E-state index contributed by atoms with van der Waals surface area (Å²) in [7, 11) is 0. The third-order valence-electron chi connectivity index (χ3n) is 5.61. The van der Waals surface area contributed by atoms with Crippen molar-refractivity contribution >= 4 is 16.8 Å². The lowest BCUT2D eigenvalue weighted by Crippen LogP contribution is -2.42. The summed E-state index contributed by atoms with van der Waals surface area (Å²) in [5, 5.41) is 14.0. The van der Waals surface area contributed by atoms with Crippen LogP contribution in [0.3, 0.4) is 0 Å². The molecule has 0 radical (unpaired) electrons. The Morgan fingerprint density at radius 3 is 2.79 bits per heavy atom. The average molecular weight is 324 g/mol. The summed E-state index contributed by atoms with van der Waals surface area (Å²) < 4.78 is 0. The van der Waals surface area contributed by atoms with Gasteiger partial charge < -0.3 is 10.4 Å². The molecule has 0 bridgehead atoms. The van der Waals surface area contributed by atoms with Crippen LogP contribution in [0.4, 0.5) is 0 Å². The molecule has 2 aliphatic rings. The van der Waals surface area contributed by atoms with E-state index in [0.29, 0.717) is 18.3 Å². The number of carbonyl (C=O) groups excluding carboxylic acids is 1. The van der Waals surface area contributed by atoms with Crippen LogP contribution in [0.15, 0.2) is 36.5 Å². The van der Waals surface area contributed by atoms with Crippen LogP contribution < -0.4 is 5.32 Å². The van der Waals surface area contributed by atoms with E-state index in [9.17, 15) is 9.90 Å². The summed E-state index contributed by atoms with van der Waals surface area (Å²) >= 11 is 0. The van der Waals surface area contributed by atoms with Gasteiger partial charge in [0.15, 0.2) is 0 Å². The van der Waals surface area contributed by atoms with Gasteiger partial charge in [0, 0.05) is 18.0 Å². The molecule has 24 heavy (non-hydrogen) atoms. The topological polar surface area (TPSA) is 62.2 Å². The van der Waals surface area contributed by atoms with Crippen LogP contribution in [-0.2, 0) is 4.79 Å². The maximum absolute atomic E-state index is 12.4. The predicted molar refractivity (Wildman–Crippen MR) is 93.3 cm³/mol. The van der Waals surface area contributed by atoms with E-state index in [1.807, 2.05) is 24.4 Å². The summed E-state index contributed by atoms with van der Waals surface area (Å²) in [6.45, 7) is 0. The number of amides is 1. The van der Waals surface area contributed by atoms with E-state index < -0.39 is 0 Å². The van der Waals surface area contributed by atoms with Gasteiger partial charge in [0.2, 0.25) is 5.91 Å². The van der Waals surface area contributed by atoms with E-state index in [2.05, 4.69) is 22.4 Å². The molecule has 1 aromatic carbocycles. The van der Waals surface area contributed by atoms with Gasteiger partial charge in [-0.25, -0.2) is 0 Å². The number of benzene rings is 1. The first-order valence-electron chi connectivity index (χ1n) is 9.01. The van der Waals surface area contributed by atoms with E-state index in [1.54, 1.807) is 0 Å². The molecule has 4 rings (SSSR count). The van der Waals surface area contributed by atoms with E-state index in [-0.39, 0.29) is 18.1 Å². The fourth-order valence-electron chi connectivity index (χ4n) is 3.83. The monoisotopic (exact) mass is 324 g/mol. The van der Waals surface area contributed by atoms with Crippen molar-refractivity contribution < 1.29 is 9.90 Å². The number of pyridine rings is 1. The lowest BCUT2D eigenvalue weighted by molar-refractivity contribution is -0.124. The summed E-state index contributed by atoms with van der Waals surface area (Å²) in [5.41, 5.74) is 2.02. The van der Waals surface area contributed by atoms with Crippen molar-refractivity contribution in [2.75, 3.05) is 0 Å². The van der Waals surface area contributed by atoms with Gasteiger partial charge in [0.05, 0.1) is 17.7 Å². The maximum Gasteiger partial charge on any atom is 0.220 e. The van der Waals surface area contributed by atoms with Crippen molar-refractivity contribution in [1.29, 1.82) is 0 Å². The fourth-order valence-corrected chi connectivity index (χ4v) is 3.83. The number of hydrogen-bond acceptors (Lipinski definition) is 3. The normalized spacial score (nSPS) is 24.9. The Morgan fingerprint density at radius 2 is 2.08 bits per heavy atom. The molecule has 2 aliphatic carbocycles. The van der Waals surface area contributed by atoms with Gasteiger partial charge in [-0.05, 0) is 55.2 Å². The molecule has 1 amide bonds. The third kappa shape index (κ3) is 3.16. The Bertz CT molecular complexity index is 735. The van der Waals surface area contributed by atoms with E-state index in [0.717, 1.165) is 29.3 Å². The predicted octanol–water partition coefficient (Wildman–Crippen LogP) is 3.35. The highest BCUT2D eigenvalue weighted by Gasteiger charge is 2.36. The molecule has 2 aromatic rings. The molecular weight excluding hydrogens is 300 g/mol. The largest absolute Gasteiger partial charge is 0.393 e. The second-order valence-corrected chi connectivity index (χ2v) is 7.39. The Labute approximate surface area is 142 Å². The molecule has 0 spiro atoms. The van der Waals surface area contributed by atoms with Gasteiger partial charge in [-0.1, -0.05) is 24.6 Å². The van der Waals surface area contributed by atoms with E-state index >= 15 is 0 Å². The summed E-state index contributed by atoms with van der Waals surface area (Å²) in [4.78, 5) is 17.0. The summed E-state index contributed by atoms with van der Waals surface area (Å²) in [6, 6.07) is 10.1. The van der Waals surface area contributed by atoms with E-state index in [1.165, 1.54) is 19.3 Å². The van der Waals surface area contributed by atoms with Gasteiger partial charge in [-0.15, -0.1) is 0 Å². The fraction of sp³-hybridized carbons (Fsp3) is 0.500. The Kier molecular flexibility index (Phi) is 4.23. The van der Waals surface area contributed by atoms with Crippen molar-refractivity contribution in [3.8, 4) is 0 Å². The van der Waals surface area contributed by atoms with Crippen LogP contribution in [0, 0.1) is 11.8 Å². The zero-order chi connectivity index (χ0) is 16.5. The Hall–Kier alpha value is -1.94. The first-order chi connectivity index (χ1) is 11.7. The van der Waals surface area contributed by atoms with Crippen LogP contribution in [0.2, 0.25) is 0 Å². The number of para-hydroxylation sites is 1. The quantitative estimate of drug-likeness (QED) is 0.886. The minimum atomic E-state index is -0.227. The van der Waals surface area contributed by atoms with Crippen molar-refractivity contribution in [2.45, 2.75) is 50.7 Å². The zero-order valence-corrected chi connectivity index (χ0v) is 13.8. The number of hydrogen-bond donors (Lipinski definition) is 2. The molecule has 0 saturated heterocycles. The van der Waals surface area contributed by atoms with Gasteiger partial charge in [-0.3, -0.25) is 9.78 Å². The third-order valence-corrected chi connectivity index (χ3v) is 5.61. The van der Waals surface area contributed by atoms with Gasteiger partial charge >= 0.3 is 0 Å². The van der Waals surface area contributed by atoms with Crippen LogP contribution >= 0.6 is 0 Å². The van der Waals surface area contributed by atoms with E-state index in [4.69, 9.17) is 0 Å². The molecule has 0 unspecified atom stereocenters. The number of fused-ring (bicyclic) bond motifs is 1. The number of nitrogens with zero attached hydrogens (tertiary/aromatic N) is 1. The Balaban J connectivity index is 1.55. The number of aliphatic hydroxyl groups excluding tert-OH is 1. The molecule has 1 atom stereocenters. The number of aromatic nitrogens is 1. The first kappa shape index (κ1) is 15.6. The highest BCUT2D eigenvalue weighted by Crippen LogP contribution is 2.39. The second-order valence-electron chi connectivity index (χ2n) is 7.39. The van der Waals surface area contributed by atoms with Crippen LogP contribution in [0.25, 0.3) is 10.9 Å². The molecule has 2 fully saturated rings. The zero-order valence-electron chi connectivity index (χ0n) is 13.8. The minimum absolute atomic E-state index is 0.0434. The van der Waals surface area contributed by atoms with Crippen molar-refractivity contribution in [1.82, 2.24) is 10.3 Å². The van der Waals surface area contributed by atoms with Gasteiger partial charge in [-0.2, -0.15) is 0 Å². The lowest BCUT2D eigenvalue weighted by atomic mass is 9.75. The van der Waals surface area contributed by atoms with Crippen LogP contribution in [0.5, 0.6) is 0 Å². The molecule has 1 heterocycles. The maximum atomic E-state index is 12.4. The van der Waals surface area contributed by atoms with Crippen molar-refractivity contribution in [3.05, 3.63) is 42.1 Å². The molecule has 4 nitrogen and oxygen atoms in total. The highest BCUT2D eigenvalue weighted by atomic mass is 16.3. The first-order valence-corrected chi connectivity index (χ1v) is 9.01. The summed E-state index contributed by atoms with van der Waals surface area (Å²) in [6.07, 6.45) is 7.39. The molecule has 2 N–H and O–H groups in total. The molecule has 1 aromatic heterocycles. The molecular formula is C20H24N2O2. The minimum Gasteiger partial charge on any atom is -0.393 e. The number of aliphatic hydroxyl groups is 1. The molecule has 4 heteroatoms. The average Bonchev–Trinajstić information content (AvgIpc) is 2.53. The van der Waals surface area contributed by atoms with Crippen molar-refractivity contribution in [3.63, 3.8) is 0 Å². The van der Waals surface area contributed by atoms with Gasteiger partial charge in [0.25, 0.3) is 0 Å². The van der Waals surface area contributed by atoms with Crippen LogP contribution in [0.1, 0.15) is 50.1 Å². The van der Waals surface area contributed by atoms with Crippen molar-refractivity contribution in [2.24, 2.45) is 11.8 Å². The molecule has 0 aliphatic heterocycles. The number of nitrogens with one attached hydrogen (secondary N) is 1. The van der Waals surface area contributed by atoms with Gasteiger partial charge in [0.1, 0.15) is 0 Å².